The number of nitrogens with zero attached hydrogens (tertiary/aromatic N) is 2. The molecule has 1 saturated carbocycles. The Bertz CT molecular complexity index is 766. The largest absolute Gasteiger partial charge is 0.416 e. The van der Waals surface area contributed by atoms with E-state index in [-0.39, 0.29) is 30.0 Å². The minimum Gasteiger partial charge on any atom is -0.236 e. The molecule has 1 unspecified atom stereocenters. The summed E-state index contributed by atoms with van der Waals surface area (Å²) in [7, 11) is 0. The summed E-state index contributed by atoms with van der Waals surface area (Å²) in [4.78, 5) is 0. The molecule has 1 atom stereocenters. The highest BCUT2D eigenvalue weighted by molar-refractivity contribution is 9.25. The van der Waals surface area contributed by atoms with Crippen LogP contribution in [-0.4, -0.2) is 13.0 Å². The second-order valence-corrected chi connectivity index (χ2v) is 10.2. The van der Waals surface area contributed by atoms with E-state index in [2.05, 4.69) is 37.0 Å². The lowest BCUT2D eigenvalue weighted by Crippen LogP contribution is -2.07. The highest BCUT2D eigenvalue weighted by atomic mass is 79.9. The van der Waals surface area contributed by atoms with Crippen molar-refractivity contribution in [1.82, 2.24) is 9.78 Å². The first-order valence-electron chi connectivity index (χ1n) is 6.20. The van der Waals surface area contributed by atoms with Crippen molar-refractivity contribution in [1.29, 1.82) is 0 Å². The Labute approximate surface area is 161 Å². The van der Waals surface area contributed by atoms with E-state index in [4.69, 9.17) is 34.8 Å². The number of hydrogen-bond donors (Lipinski definition) is 0. The number of alkyl halides is 5. The zero-order valence-corrected chi connectivity index (χ0v) is 16.4. The van der Waals surface area contributed by atoms with E-state index in [9.17, 15) is 13.2 Å². The average Bonchev–Trinajstić information content (AvgIpc) is 2.85. The molecule has 0 saturated heterocycles. The minimum absolute atomic E-state index is 0.107. The predicted molar refractivity (Wildman–Crippen MR) is 91.5 cm³/mol. The molecule has 0 spiro atoms. The number of rotatable bonds is 2. The number of aromatic nitrogens is 2. The van der Waals surface area contributed by atoms with Gasteiger partial charge in [-0.25, -0.2) is 4.68 Å². The van der Waals surface area contributed by atoms with Crippen molar-refractivity contribution >= 4 is 66.7 Å². The monoisotopic (exact) mass is 510 g/mol. The van der Waals surface area contributed by atoms with Gasteiger partial charge in [0.05, 0.1) is 18.8 Å². The lowest BCUT2D eigenvalue weighted by Gasteiger charge is -2.12. The Hall–Kier alpha value is 0.0500. The van der Waals surface area contributed by atoms with Gasteiger partial charge < -0.3 is 0 Å². The van der Waals surface area contributed by atoms with Crippen molar-refractivity contribution in [2.45, 2.75) is 21.7 Å². The zero-order chi connectivity index (χ0) is 17.2. The van der Waals surface area contributed by atoms with Gasteiger partial charge in [0.1, 0.15) is 5.69 Å². The van der Waals surface area contributed by atoms with Crippen molar-refractivity contribution in [3.63, 3.8) is 0 Å². The predicted octanol–water partition coefficient (Wildman–Crippen LogP) is 6.82. The van der Waals surface area contributed by atoms with Gasteiger partial charge in [-0.15, -0.1) is 0 Å². The van der Waals surface area contributed by atoms with Crippen LogP contribution in [0.15, 0.2) is 18.3 Å². The van der Waals surface area contributed by atoms with Crippen LogP contribution >= 0.6 is 66.7 Å². The van der Waals surface area contributed by atoms with Gasteiger partial charge in [0.15, 0.2) is 5.15 Å². The van der Waals surface area contributed by atoms with Gasteiger partial charge in [-0.1, -0.05) is 66.7 Å². The summed E-state index contributed by atoms with van der Waals surface area (Å²) in [5.41, 5.74) is -0.00539. The fourth-order valence-corrected chi connectivity index (χ4v) is 4.28. The summed E-state index contributed by atoms with van der Waals surface area (Å²) in [6.07, 6.45) is -2.09. The second kappa shape index (κ2) is 5.80. The fraction of sp³-hybridized carbons (Fsp3) is 0.308. The van der Waals surface area contributed by atoms with Gasteiger partial charge in [0.2, 0.25) is 0 Å². The van der Waals surface area contributed by atoms with Gasteiger partial charge in [-0.05, 0) is 18.6 Å². The molecular formula is C13H6Br2Cl3F3N2. The molecular weight excluding hydrogens is 507 g/mol. The third-order valence-corrected chi connectivity index (χ3v) is 6.09. The Kier molecular flexibility index (Phi) is 4.50. The van der Waals surface area contributed by atoms with Crippen molar-refractivity contribution < 1.29 is 13.2 Å². The maximum absolute atomic E-state index is 12.8. The van der Waals surface area contributed by atoms with Crippen LogP contribution in [0.25, 0.3) is 5.69 Å². The van der Waals surface area contributed by atoms with Crippen molar-refractivity contribution in [3.8, 4) is 5.69 Å². The Morgan fingerprint density at radius 3 is 2.13 bits per heavy atom. The Morgan fingerprint density at radius 2 is 1.70 bits per heavy atom. The topological polar surface area (TPSA) is 17.8 Å². The van der Waals surface area contributed by atoms with E-state index in [0.29, 0.717) is 0 Å². The highest BCUT2D eigenvalue weighted by Crippen LogP contribution is 2.63. The SMILES string of the molecule is FC(F)(F)c1cc(Cl)c(-n2cc(C3CC3(Br)Br)c(Cl)n2)c(Cl)c1. The molecule has 1 aromatic carbocycles. The quantitative estimate of drug-likeness (QED) is 0.403. The summed E-state index contributed by atoms with van der Waals surface area (Å²) in [6.45, 7) is 0. The molecule has 23 heavy (non-hydrogen) atoms. The molecule has 1 heterocycles. The third-order valence-electron chi connectivity index (χ3n) is 3.47. The maximum atomic E-state index is 12.8. The van der Waals surface area contributed by atoms with E-state index < -0.39 is 11.7 Å². The zero-order valence-electron chi connectivity index (χ0n) is 10.9. The minimum atomic E-state index is -4.53. The molecule has 1 fully saturated rings. The fourth-order valence-electron chi connectivity index (χ4n) is 2.21. The summed E-state index contributed by atoms with van der Waals surface area (Å²) in [5.74, 6) is 0.107. The van der Waals surface area contributed by atoms with Crippen molar-refractivity contribution in [2.24, 2.45) is 0 Å². The van der Waals surface area contributed by atoms with E-state index >= 15 is 0 Å². The molecule has 1 aliphatic carbocycles. The normalized spacial score (nSPS) is 19.9. The summed E-state index contributed by atoms with van der Waals surface area (Å²) < 4.78 is 39.4. The smallest absolute Gasteiger partial charge is 0.236 e. The third kappa shape index (κ3) is 3.40. The first kappa shape index (κ1) is 17.9. The Morgan fingerprint density at radius 1 is 1.17 bits per heavy atom. The van der Waals surface area contributed by atoms with Gasteiger partial charge in [-0.3, -0.25) is 0 Å². The molecule has 1 aromatic heterocycles. The van der Waals surface area contributed by atoms with Crippen LogP contribution < -0.4 is 0 Å². The summed E-state index contributed by atoms with van der Waals surface area (Å²) >= 11 is 25.1. The summed E-state index contributed by atoms with van der Waals surface area (Å²) in [6, 6.07) is 1.63. The molecule has 0 bridgehead atoms. The molecule has 1 aliphatic rings. The molecule has 2 aromatic rings. The molecule has 124 valence electrons. The van der Waals surface area contributed by atoms with Gasteiger partial charge in [-0.2, -0.15) is 18.3 Å². The van der Waals surface area contributed by atoms with Crippen LogP contribution in [0.2, 0.25) is 15.2 Å². The highest BCUT2D eigenvalue weighted by Gasteiger charge is 2.52. The Balaban J connectivity index is 2.05. The molecule has 10 heteroatoms. The number of halogens is 8. The molecule has 3 rings (SSSR count). The van der Waals surface area contributed by atoms with Gasteiger partial charge >= 0.3 is 6.18 Å². The molecule has 2 nitrogen and oxygen atoms in total. The van der Waals surface area contributed by atoms with E-state index in [1.807, 2.05) is 0 Å². The molecule has 0 amide bonds. The van der Waals surface area contributed by atoms with Crippen LogP contribution in [-0.2, 0) is 6.18 Å². The maximum Gasteiger partial charge on any atom is 0.416 e. The molecule has 0 aliphatic heterocycles. The average molecular weight is 513 g/mol. The standard InChI is InChI=1S/C13H6Br2Cl3F3N2/c14-12(15)3-7(12)6-4-23(22-11(6)18)10-8(16)1-5(2-9(10)17)13(19,20)21/h1-2,4,7H,3H2. The van der Waals surface area contributed by atoms with Crippen LogP contribution in [0, 0.1) is 0 Å². The van der Waals surface area contributed by atoms with Crippen molar-refractivity contribution in [2.75, 3.05) is 0 Å². The van der Waals surface area contributed by atoms with E-state index in [1.165, 1.54) is 4.68 Å². The van der Waals surface area contributed by atoms with Gasteiger partial charge in [0.25, 0.3) is 0 Å². The van der Waals surface area contributed by atoms with Crippen LogP contribution in [0.3, 0.4) is 0 Å². The second-order valence-electron chi connectivity index (χ2n) is 5.12. The van der Waals surface area contributed by atoms with E-state index in [0.717, 1.165) is 24.1 Å². The number of benzene rings is 1. The van der Waals surface area contributed by atoms with Crippen LogP contribution in [0.4, 0.5) is 13.2 Å². The molecule has 0 N–H and O–H groups in total. The number of hydrogen-bond acceptors (Lipinski definition) is 1. The van der Waals surface area contributed by atoms with Crippen LogP contribution in [0.1, 0.15) is 23.5 Å². The summed E-state index contributed by atoms with van der Waals surface area (Å²) in [5, 5.41) is 4.05. The first-order valence-corrected chi connectivity index (χ1v) is 8.92. The van der Waals surface area contributed by atoms with Crippen LogP contribution in [0.5, 0.6) is 0 Å². The first-order chi connectivity index (χ1) is 10.5. The van der Waals surface area contributed by atoms with Crippen molar-refractivity contribution in [3.05, 3.63) is 44.7 Å². The lowest BCUT2D eigenvalue weighted by molar-refractivity contribution is -0.137. The van der Waals surface area contributed by atoms with E-state index in [1.54, 1.807) is 6.20 Å². The molecule has 0 radical (unpaired) electrons. The van der Waals surface area contributed by atoms with Gasteiger partial charge in [0, 0.05) is 17.7 Å². The lowest BCUT2D eigenvalue weighted by atomic mass is 10.2.